The molecule has 1 amide bonds. The van der Waals surface area contributed by atoms with Crippen molar-refractivity contribution in [2.75, 3.05) is 6.61 Å². The highest BCUT2D eigenvalue weighted by molar-refractivity contribution is 5.95. The third kappa shape index (κ3) is 3.84. The number of nitrogens with one attached hydrogen (secondary N) is 1. The van der Waals surface area contributed by atoms with Crippen LogP contribution in [0.15, 0.2) is 30.3 Å². The van der Waals surface area contributed by atoms with Crippen LogP contribution >= 0.6 is 0 Å². The molecule has 78 valence electrons. The van der Waals surface area contributed by atoms with Crippen LogP contribution in [0.4, 0.5) is 0 Å². The molecule has 0 radical (unpaired) electrons. The average Bonchev–Trinajstić information content (AvgIpc) is 2.29. The highest BCUT2D eigenvalue weighted by Gasteiger charge is 2.00. The second-order valence-corrected chi connectivity index (χ2v) is 3.17. The van der Waals surface area contributed by atoms with Crippen molar-refractivity contribution in [2.45, 2.75) is 6.92 Å². The fourth-order valence-electron chi connectivity index (χ4n) is 0.923. The standard InChI is InChI=1S/C12H13NO2/c1-10(9-14)7-8-13-12(15)11-5-3-2-4-6-11/h2-6,10,14H,9H2,1H3,(H,13,15). The van der Waals surface area contributed by atoms with Gasteiger partial charge in [0, 0.05) is 17.5 Å². The Labute approximate surface area is 89.1 Å². The van der Waals surface area contributed by atoms with E-state index in [9.17, 15) is 4.79 Å². The maximum absolute atomic E-state index is 11.4. The van der Waals surface area contributed by atoms with Gasteiger partial charge in [0.2, 0.25) is 0 Å². The van der Waals surface area contributed by atoms with Crippen molar-refractivity contribution in [3.8, 4) is 12.0 Å². The monoisotopic (exact) mass is 203 g/mol. The normalized spacial score (nSPS) is 11.1. The SMILES string of the molecule is CC(C#CNC(=O)c1ccccc1)CO. The van der Waals surface area contributed by atoms with Gasteiger partial charge in [0.15, 0.2) is 0 Å². The first-order valence-corrected chi connectivity index (χ1v) is 4.71. The van der Waals surface area contributed by atoms with E-state index in [-0.39, 0.29) is 18.4 Å². The summed E-state index contributed by atoms with van der Waals surface area (Å²) in [4.78, 5) is 11.4. The van der Waals surface area contributed by atoms with Crippen LogP contribution in [-0.4, -0.2) is 17.6 Å². The summed E-state index contributed by atoms with van der Waals surface area (Å²) < 4.78 is 0. The Morgan fingerprint density at radius 3 is 2.73 bits per heavy atom. The van der Waals surface area contributed by atoms with E-state index < -0.39 is 0 Å². The van der Waals surface area contributed by atoms with Crippen molar-refractivity contribution in [1.29, 1.82) is 0 Å². The highest BCUT2D eigenvalue weighted by atomic mass is 16.3. The lowest BCUT2D eigenvalue weighted by Crippen LogP contribution is -2.17. The zero-order chi connectivity index (χ0) is 11.1. The average molecular weight is 203 g/mol. The van der Waals surface area contributed by atoms with Gasteiger partial charge in [-0.05, 0) is 19.1 Å². The van der Waals surface area contributed by atoms with Crippen molar-refractivity contribution in [3.63, 3.8) is 0 Å². The van der Waals surface area contributed by atoms with E-state index in [0.29, 0.717) is 5.56 Å². The smallest absolute Gasteiger partial charge is 0.262 e. The molecule has 1 unspecified atom stereocenters. The lowest BCUT2D eigenvalue weighted by molar-refractivity contribution is 0.0973. The first-order valence-electron chi connectivity index (χ1n) is 4.71. The number of aliphatic hydroxyl groups excluding tert-OH is 1. The van der Waals surface area contributed by atoms with Crippen LogP contribution < -0.4 is 5.32 Å². The van der Waals surface area contributed by atoms with Gasteiger partial charge in [-0.2, -0.15) is 0 Å². The summed E-state index contributed by atoms with van der Waals surface area (Å²) in [6, 6.07) is 11.4. The molecule has 15 heavy (non-hydrogen) atoms. The van der Waals surface area contributed by atoms with Gasteiger partial charge in [-0.25, -0.2) is 0 Å². The Morgan fingerprint density at radius 1 is 1.47 bits per heavy atom. The summed E-state index contributed by atoms with van der Waals surface area (Å²) >= 11 is 0. The summed E-state index contributed by atoms with van der Waals surface area (Å²) in [5.41, 5.74) is 0.573. The molecule has 0 saturated carbocycles. The van der Waals surface area contributed by atoms with Crippen molar-refractivity contribution in [2.24, 2.45) is 5.92 Å². The predicted molar refractivity (Wildman–Crippen MR) is 57.9 cm³/mol. The lowest BCUT2D eigenvalue weighted by atomic mass is 10.2. The maximum atomic E-state index is 11.4. The molecular formula is C12H13NO2. The molecule has 1 rings (SSSR count). The Balaban J connectivity index is 2.53. The minimum atomic E-state index is -0.228. The van der Waals surface area contributed by atoms with Crippen LogP contribution in [0.1, 0.15) is 17.3 Å². The van der Waals surface area contributed by atoms with Gasteiger partial charge in [-0.1, -0.05) is 24.1 Å². The van der Waals surface area contributed by atoms with Crippen LogP contribution in [0, 0.1) is 17.9 Å². The quantitative estimate of drug-likeness (QED) is 0.556. The topological polar surface area (TPSA) is 49.3 Å². The number of rotatable bonds is 2. The van der Waals surface area contributed by atoms with Crippen molar-refractivity contribution in [1.82, 2.24) is 5.32 Å². The summed E-state index contributed by atoms with van der Waals surface area (Å²) in [7, 11) is 0. The minimum Gasteiger partial charge on any atom is -0.395 e. The van der Waals surface area contributed by atoms with Crippen LogP contribution in [-0.2, 0) is 0 Å². The molecule has 0 aliphatic heterocycles. The van der Waals surface area contributed by atoms with Crippen LogP contribution in [0.2, 0.25) is 0 Å². The first-order chi connectivity index (χ1) is 7.24. The molecule has 0 fully saturated rings. The van der Waals surface area contributed by atoms with E-state index in [1.165, 1.54) is 0 Å². The number of carbonyl (C=O) groups is 1. The number of hydrogen-bond donors (Lipinski definition) is 2. The van der Waals surface area contributed by atoms with Gasteiger partial charge in [-0.3, -0.25) is 10.1 Å². The van der Waals surface area contributed by atoms with Crippen LogP contribution in [0.5, 0.6) is 0 Å². The van der Waals surface area contributed by atoms with E-state index in [2.05, 4.69) is 17.3 Å². The molecule has 0 spiro atoms. The molecule has 1 aromatic carbocycles. The molecule has 2 N–H and O–H groups in total. The van der Waals surface area contributed by atoms with Crippen LogP contribution in [0.3, 0.4) is 0 Å². The zero-order valence-electron chi connectivity index (χ0n) is 8.53. The molecule has 0 aliphatic carbocycles. The zero-order valence-corrected chi connectivity index (χ0v) is 8.53. The molecule has 1 aromatic rings. The lowest BCUT2D eigenvalue weighted by Gasteiger charge is -1.97. The van der Waals surface area contributed by atoms with Gasteiger partial charge in [0.25, 0.3) is 5.91 Å². The number of carbonyl (C=O) groups excluding carboxylic acids is 1. The Kier molecular flexibility index (Phi) is 4.39. The Bertz CT molecular complexity index is 376. The summed E-state index contributed by atoms with van der Waals surface area (Å²) in [6.07, 6.45) is 0. The number of amides is 1. The summed E-state index contributed by atoms with van der Waals surface area (Å²) in [5.74, 6) is 2.35. The molecule has 0 aromatic heterocycles. The molecule has 3 nitrogen and oxygen atoms in total. The third-order valence-electron chi connectivity index (χ3n) is 1.80. The minimum absolute atomic E-state index is 0.00575. The van der Waals surface area contributed by atoms with Gasteiger partial charge >= 0.3 is 0 Å². The van der Waals surface area contributed by atoms with Gasteiger partial charge < -0.3 is 5.11 Å². The highest BCUT2D eigenvalue weighted by Crippen LogP contribution is 1.97. The molecule has 0 heterocycles. The molecule has 0 bridgehead atoms. The maximum Gasteiger partial charge on any atom is 0.262 e. The molecule has 0 aliphatic rings. The second kappa shape index (κ2) is 5.84. The summed E-state index contributed by atoms with van der Waals surface area (Å²) in [6.45, 7) is 1.77. The van der Waals surface area contributed by atoms with E-state index in [1.54, 1.807) is 31.2 Å². The number of hydrogen-bond acceptors (Lipinski definition) is 2. The van der Waals surface area contributed by atoms with Crippen molar-refractivity contribution in [3.05, 3.63) is 35.9 Å². The number of benzene rings is 1. The molecule has 0 saturated heterocycles. The van der Waals surface area contributed by atoms with Gasteiger partial charge in [-0.15, -0.1) is 0 Å². The third-order valence-corrected chi connectivity index (χ3v) is 1.80. The van der Waals surface area contributed by atoms with E-state index in [4.69, 9.17) is 5.11 Å². The molecule has 3 heteroatoms. The summed E-state index contributed by atoms with van der Waals surface area (Å²) in [5, 5.41) is 11.2. The van der Waals surface area contributed by atoms with E-state index >= 15 is 0 Å². The molecular weight excluding hydrogens is 190 g/mol. The van der Waals surface area contributed by atoms with Gasteiger partial charge in [0.1, 0.15) is 0 Å². The Morgan fingerprint density at radius 2 is 2.13 bits per heavy atom. The molecule has 1 atom stereocenters. The van der Waals surface area contributed by atoms with E-state index in [0.717, 1.165) is 0 Å². The predicted octanol–water partition coefficient (Wildman–Crippen LogP) is 1.01. The van der Waals surface area contributed by atoms with Gasteiger partial charge in [0.05, 0.1) is 6.61 Å². The Hall–Kier alpha value is -1.79. The van der Waals surface area contributed by atoms with Crippen molar-refractivity contribution < 1.29 is 9.90 Å². The largest absolute Gasteiger partial charge is 0.395 e. The first kappa shape index (κ1) is 11.3. The number of aliphatic hydroxyl groups is 1. The second-order valence-electron chi connectivity index (χ2n) is 3.17. The van der Waals surface area contributed by atoms with Crippen molar-refractivity contribution >= 4 is 5.91 Å². The van der Waals surface area contributed by atoms with E-state index in [1.807, 2.05) is 6.07 Å². The fourth-order valence-corrected chi connectivity index (χ4v) is 0.923. The fraction of sp³-hybridized carbons (Fsp3) is 0.250. The van der Waals surface area contributed by atoms with Crippen LogP contribution in [0.25, 0.3) is 0 Å².